The van der Waals surface area contributed by atoms with E-state index < -0.39 is 0 Å². The molecule has 0 aromatic rings. The van der Waals surface area contributed by atoms with Gasteiger partial charge < -0.3 is 4.90 Å². The summed E-state index contributed by atoms with van der Waals surface area (Å²) in [6, 6.07) is 0. The molecule has 0 heterocycles. The van der Waals surface area contributed by atoms with Gasteiger partial charge in [-0.15, -0.1) is 0 Å². The maximum absolute atomic E-state index is 6.02. The van der Waals surface area contributed by atoms with E-state index in [1.807, 2.05) is 0 Å². The van der Waals surface area contributed by atoms with E-state index >= 15 is 0 Å². The molecule has 6 aliphatic carbocycles. The minimum Gasteiger partial charge on any atom is -0.309 e. The van der Waals surface area contributed by atoms with Crippen LogP contribution in [-0.4, -0.2) is 33.4 Å². The summed E-state index contributed by atoms with van der Waals surface area (Å²) in [4.78, 5) is 2.22. The highest BCUT2D eigenvalue weighted by Gasteiger charge is 2.55. The van der Waals surface area contributed by atoms with Gasteiger partial charge in [0.1, 0.15) is 0 Å². The normalized spacial score (nSPS) is 42.2. The van der Waals surface area contributed by atoms with Gasteiger partial charge in [-0.1, -0.05) is 74.6 Å². The first kappa shape index (κ1) is 26.3. The zero-order chi connectivity index (χ0) is 23.0. The van der Waals surface area contributed by atoms with E-state index in [-0.39, 0.29) is 0 Å². The summed E-state index contributed by atoms with van der Waals surface area (Å²) in [5, 5.41) is 0. The highest BCUT2D eigenvalue weighted by Crippen LogP contribution is 2.64. The van der Waals surface area contributed by atoms with Crippen molar-refractivity contribution in [2.75, 3.05) is 20.6 Å². The molecular formula is C28H54BN. The topological polar surface area (TPSA) is 3.24 Å². The van der Waals surface area contributed by atoms with Gasteiger partial charge in [0.15, 0.2) is 0 Å². The minimum atomic E-state index is 0.492. The first-order valence-electron chi connectivity index (χ1n) is 13.1. The van der Waals surface area contributed by atoms with E-state index in [2.05, 4.69) is 81.3 Å². The van der Waals surface area contributed by atoms with E-state index in [0.717, 1.165) is 47.3 Å². The molecule has 8 atom stereocenters. The van der Waals surface area contributed by atoms with Crippen LogP contribution in [0.1, 0.15) is 94.4 Å². The average molecular weight is 416 g/mol. The third-order valence-electron chi connectivity index (χ3n) is 10.3. The second-order valence-electron chi connectivity index (χ2n) is 13.5. The van der Waals surface area contributed by atoms with Crippen molar-refractivity contribution in [3.63, 3.8) is 0 Å². The standard InChI is InChI=1S/C11H20.C10H17B.C7H17N/c1-7-5-9-6-10(8(7)2)11(9,3)4;1-6-8-4-7(5-9(6)11)10(8,2)3;1-7(2)5-6-8(3)4/h7-10H,5-6H2,1-4H3;6-9H,4-5H2,1-3H3;7H,5-6H2,1-4H3/t7-,8+,9-,10-;6-,7+,8-,9-;/m00./s1. The van der Waals surface area contributed by atoms with Crippen LogP contribution >= 0.6 is 0 Å². The summed E-state index contributed by atoms with van der Waals surface area (Å²) in [5.41, 5.74) is 1.29. The Balaban J connectivity index is 0.000000163. The van der Waals surface area contributed by atoms with Crippen LogP contribution in [0.3, 0.4) is 0 Å². The van der Waals surface area contributed by atoms with Gasteiger partial charge in [-0.2, -0.15) is 0 Å². The number of hydrogen-bond donors (Lipinski definition) is 0. The Hall–Kier alpha value is 0.0249. The summed E-state index contributed by atoms with van der Waals surface area (Å²) < 4.78 is 0. The molecule has 0 aliphatic heterocycles. The van der Waals surface area contributed by atoms with Crippen molar-refractivity contribution < 1.29 is 0 Å². The molecule has 6 saturated carbocycles. The Morgan fingerprint density at radius 3 is 1.53 bits per heavy atom. The average Bonchev–Trinajstić information content (AvgIpc) is 2.64. The second kappa shape index (κ2) is 9.88. The Morgan fingerprint density at radius 2 is 1.27 bits per heavy atom. The van der Waals surface area contributed by atoms with Crippen molar-refractivity contribution in [1.29, 1.82) is 0 Å². The van der Waals surface area contributed by atoms with Crippen LogP contribution in [0.15, 0.2) is 0 Å². The van der Waals surface area contributed by atoms with E-state index in [9.17, 15) is 0 Å². The predicted molar refractivity (Wildman–Crippen MR) is 135 cm³/mol. The van der Waals surface area contributed by atoms with E-state index in [1.54, 1.807) is 0 Å². The van der Waals surface area contributed by atoms with Crippen molar-refractivity contribution in [2.24, 2.45) is 58.2 Å². The highest BCUT2D eigenvalue weighted by atomic mass is 15.0. The number of rotatable bonds is 3. The van der Waals surface area contributed by atoms with Gasteiger partial charge in [0.25, 0.3) is 0 Å². The largest absolute Gasteiger partial charge is 0.309 e. The molecule has 174 valence electrons. The lowest BCUT2D eigenvalue weighted by Gasteiger charge is -2.62. The molecule has 0 N–H and O–H groups in total. The number of nitrogens with zero attached hydrogens (tertiary/aromatic N) is 1. The van der Waals surface area contributed by atoms with Gasteiger partial charge in [-0.3, -0.25) is 0 Å². The molecule has 6 rings (SSSR count). The Morgan fingerprint density at radius 1 is 0.800 bits per heavy atom. The van der Waals surface area contributed by atoms with E-state index in [1.165, 1.54) is 38.6 Å². The summed E-state index contributed by atoms with van der Waals surface area (Å²) in [6.07, 6.45) is 7.04. The first-order chi connectivity index (χ1) is 13.7. The van der Waals surface area contributed by atoms with Crippen LogP contribution in [0, 0.1) is 58.2 Å². The van der Waals surface area contributed by atoms with Crippen LogP contribution in [0.2, 0.25) is 5.82 Å². The van der Waals surface area contributed by atoms with Crippen molar-refractivity contribution in [3.8, 4) is 0 Å². The highest BCUT2D eigenvalue weighted by molar-refractivity contribution is 6.12. The molecule has 6 aliphatic rings. The van der Waals surface area contributed by atoms with Crippen molar-refractivity contribution in [1.82, 2.24) is 4.90 Å². The SMILES string of the molecule is CC(C)CCN(C)C.C[C@@H]1[C@@H](C)C[C@H]2C[C@@H]1C2(C)C.[B][C@H]1C[C@H]2C[C@@H]([C@@H]1C)C2(C)C. The lowest BCUT2D eigenvalue weighted by molar-refractivity contribution is -0.124. The van der Waals surface area contributed by atoms with Crippen LogP contribution in [-0.2, 0) is 0 Å². The molecule has 6 fully saturated rings. The lowest BCUT2D eigenvalue weighted by atomic mass is 9.41. The lowest BCUT2D eigenvalue weighted by Crippen LogP contribution is -2.54. The molecule has 2 radical (unpaired) electrons. The maximum atomic E-state index is 6.02. The van der Waals surface area contributed by atoms with Crippen LogP contribution in [0.25, 0.3) is 0 Å². The maximum Gasteiger partial charge on any atom is 0.0703 e. The Kier molecular flexibility index (Phi) is 8.66. The summed E-state index contributed by atoms with van der Waals surface area (Å²) in [5.74, 6) is 8.01. The van der Waals surface area contributed by atoms with Crippen LogP contribution in [0.5, 0.6) is 0 Å². The van der Waals surface area contributed by atoms with Gasteiger partial charge in [0, 0.05) is 0 Å². The smallest absolute Gasteiger partial charge is 0.0703 e. The molecule has 0 amide bonds. The molecular weight excluding hydrogens is 361 g/mol. The fourth-order valence-corrected chi connectivity index (χ4v) is 7.11. The first-order valence-corrected chi connectivity index (χ1v) is 13.1. The Bertz CT molecular complexity index is 489. The van der Waals surface area contributed by atoms with E-state index in [4.69, 9.17) is 7.85 Å². The summed E-state index contributed by atoms with van der Waals surface area (Å²) in [6.45, 7) is 22.7. The fourth-order valence-electron chi connectivity index (χ4n) is 7.11. The zero-order valence-electron chi connectivity index (χ0n) is 22.5. The van der Waals surface area contributed by atoms with E-state index in [0.29, 0.717) is 16.6 Å². The molecule has 0 saturated heterocycles. The molecule has 30 heavy (non-hydrogen) atoms. The van der Waals surface area contributed by atoms with Crippen LogP contribution in [0.4, 0.5) is 0 Å². The quantitative estimate of drug-likeness (QED) is 0.430. The number of fused-ring (bicyclic) bond motifs is 4. The summed E-state index contributed by atoms with van der Waals surface area (Å²) >= 11 is 0. The molecule has 4 bridgehead atoms. The summed E-state index contributed by atoms with van der Waals surface area (Å²) in [7, 11) is 10.2. The monoisotopic (exact) mass is 415 g/mol. The van der Waals surface area contributed by atoms with Gasteiger partial charge in [-0.05, 0) is 104 Å². The third kappa shape index (κ3) is 5.50. The van der Waals surface area contributed by atoms with Crippen molar-refractivity contribution in [3.05, 3.63) is 0 Å². The van der Waals surface area contributed by atoms with Crippen molar-refractivity contribution >= 4 is 7.85 Å². The molecule has 2 heteroatoms. The third-order valence-corrected chi connectivity index (χ3v) is 10.3. The second-order valence-corrected chi connectivity index (χ2v) is 13.5. The molecule has 0 aromatic heterocycles. The molecule has 1 nitrogen and oxygen atoms in total. The Labute approximate surface area is 191 Å². The fraction of sp³-hybridized carbons (Fsp3) is 1.00. The molecule has 0 aromatic carbocycles. The zero-order valence-corrected chi connectivity index (χ0v) is 22.5. The molecule has 0 unspecified atom stereocenters. The number of hydrogen-bond acceptors (Lipinski definition) is 1. The minimum absolute atomic E-state index is 0.492. The van der Waals surface area contributed by atoms with Gasteiger partial charge in [-0.25, -0.2) is 0 Å². The predicted octanol–water partition coefficient (Wildman–Crippen LogP) is 7.56. The van der Waals surface area contributed by atoms with Gasteiger partial charge in [0.05, 0.1) is 7.85 Å². The van der Waals surface area contributed by atoms with Gasteiger partial charge in [0.2, 0.25) is 0 Å². The molecule has 0 spiro atoms. The van der Waals surface area contributed by atoms with Crippen LogP contribution < -0.4 is 0 Å². The van der Waals surface area contributed by atoms with Gasteiger partial charge >= 0.3 is 0 Å². The van der Waals surface area contributed by atoms with Crippen molar-refractivity contribution in [2.45, 2.75) is 100 Å².